The third-order valence-corrected chi connectivity index (χ3v) is 5.51. The van der Waals surface area contributed by atoms with E-state index in [4.69, 9.17) is 16.7 Å². The summed E-state index contributed by atoms with van der Waals surface area (Å²) >= 11 is 6.19. The summed E-state index contributed by atoms with van der Waals surface area (Å²) in [5.74, 6) is -0.0853. The molecule has 0 saturated carbocycles. The molecule has 4 rings (SSSR count). The zero-order chi connectivity index (χ0) is 19.8. The fraction of sp³-hybridized carbons (Fsp3) is 0.400. The smallest absolute Gasteiger partial charge is 0.276 e. The van der Waals surface area contributed by atoms with Crippen molar-refractivity contribution in [1.29, 1.82) is 0 Å². The van der Waals surface area contributed by atoms with Crippen molar-refractivity contribution in [3.8, 4) is 11.1 Å². The van der Waals surface area contributed by atoms with Crippen LogP contribution in [0.15, 0.2) is 24.3 Å². The normalized spacial score (nSPS) is 15.4. The Hall–Kier alpha value is -2.51. The molecule has 2 aromatic heterocycles. The second kappa shape index (κ2) is 7.48. The van der Waals surface area contributed by atoms with E-state index in [1.807, 2.05) is 36.1 Å². The highest BCUT2D eigenvalue weighted by atomic mass is 35.5. The van der Waals surface area contributed by atoms with Gasteiger partial charge in [-0.25, -0.2) is 4.52 Å². The Morgan fingerprint density at radius 1 is 1.18 bits per heavy atom. The molecule has 1 amide bonds. The van der Waals surface area contributed by atoms with Gasteiger partial charge in [0.05, 0.1) is 17.0 Å². The fourth-order valence-corrected chi connectivity index (χ4v) is 3.78. The predicted octanol–water partition coefficient (Wildman–Crippen LogP) is 2.70. The van der Waals surface area contributed by atoms with Gasteiger partial charge in [-0.15, -0.1) is 10.2 Å². The molecule has 1 fully saturated rings. The van der Waals surface area contributed by atoms with E-state index in [1.165, 1.54) is 0 Å². The average molecular weight is 399 g/mol. The van der Waals surface area contributed by atoms with E-state index < -0.39 is 0 Å². The van der Waals surface area contributed by atoms with E-state index in [9.17, 15) is 4.79 Å². The minimum atomic E-state index is -0.0853. The van der Waals surface area contributed by atoms with Gasteiger partial charge in [-0.3, -0.25) is 4.79 Å². The molecular formula is C20H23ClN6O. The first-order valence-electron chi connectivity index (χ1n) is 9.48. The SMILES string of the molecule is CCc1nn2c(C)c(C(=O)N3CCN(C)CC3)nnc2c1-c1cccc(Cl)c1. The van der Waals surface area contributed by atoms with Gasteiger partial charge in [-0.05, 0) is 38.1 Å². The maximum atomic E-state index is 13.0. The number of aryl methyl sites for hydroxylation is 2. The number of likely N-dealkylation sites (N-methyl/N-ethyl adjacent to an activating group) is 1. The monoisotopic (exact) mass is 398 g/mol. The zero-order valence-electron chi connectivity index (χ0n) is 16.3. The molecule has 8 heteroatoms. The van der Waals surface area contributed by atoms with Gasteiger partial charge < -0.3 is 9.80 Å². The molecule has 3 aromatic rings. The van der Waals surface area contributed by atoms with Crippen LogP contribution >= 0.6 is 11.6 Å². The number of carbonyl (C=O) groups excluding carboxylic acids is 1. The summed E-state index contributed by atoms with van der Waals surface area (Å²) in [6, 6.07) is 7.64. The van der Waals surface area contributed by atoms with Gasteiger partial charge in [0.2, 0.25) is 0 Å². The summed E-state index contributed by atoms with van der Waals surface area (Å²) in [4.78, 5) is 17.0. The minimum absolute atomic E-state index is 0.0853. The molecule has 0 atom stereocenters. The molecule has 0 spiro atoms. The molecular weight excluding hydrogens is 376 g/mol. The maximum Gasteiger partial charge on any atom is 0.276 e. The maximum absolute atomic E-state index is 13.0. The van der Waals surface area contributed by atoms with Crippen molar-refractivity contribution in [2.45, 2.75) is 20.3 Å². The van der Waals surface area contributed by atoms with Crippen LogP contribution in [0.25, 0.3) is 16.8 Å². The van der Waals surface area contributed by atoms with Crippen LogP contribution < -0.4 is 0 Å². The van der Waals surface area contributed by atoms with Crippen molar-refractivity contribution in [1.82, 2.24) is 29.6 Å². The Morgan fingerprint density at radius 3 is 2.61 bits per heavy atom. The van der Waals surface area contributed by atoms with Crippen molar-refractivity contribution in [2.24, 2.45) is 0 Å². The molecule has 146 valence electrons. The highest BCUT2D eigenvalue weighted by Crippen LogP contribution is 2.30. The van der Waals surface area contributed by atoms with Crippen LogP contribution in [-0.2, 0) is 6.42 Å². The highest BCUT2D eigenvalue weighted by molar-refractivity contribution is 6.30. The van der Waals surface area contributed by atoms with Crippen molar-refractivity contribution in [2.75, 3.05) is 33.2 Å². The first-order chi connectivity index (χ1) is 13.5. The van der Waals surface area contributed by atoms with Crippen LogP contribution in [0.1, 0.15) is 28.8 Å². The first kappa shape index (κ1) is 18.8. The summed E-state index contributed by atoms with van der Waals surface area (Å²) in [5, 5.41) is 14.1. The van der Waals surface area contributed by atoms with Crippen LogP contribution in [0.3, 0.4) is 0 Å². The van der Waals surface area contributed by atoms with E-state index in [2.05, 4.69) is 29.1 Å². The second-order valence-corrected chi connectivity index (χ2v) is 7.59. The molecule has 1 saturated heterocycles. The van der Waals surface area contributed by atoms with Gasteiger partial charge in [0.25, 0.3) is 5.91 Å². The molecule has 0 N–H and O–H groups in total. The lowest BCUT2D eigenvalue weighted by molar-refractivity contribution is 0.0655. The summed E-state index contributed by atoms with van der Waals surface area (Å²) in [6.07, 6.45) is 0.742. The van der Waals surface area contributed by atoms with E-state index >= 15 is 0 Å². The summed E-state index contributed by atoms with van der Waals surface area (Å²) in [5.41, 5.74) is 4.48. The number of benzene rings is 1. The van der Waals surface area contributed by atoms with Crippen LogP contribution in [0.4, 0.5) is 0 Å². The van der Waals surface area contributed by atoms with Crippen LogP contribution in [0.2, 0.25) is 5.02 Å². The third kappa shape index (κ3) is 3.25. The van der Waals surface area contributed by atoms with Crippen molar-refractivity contribution in [3.05, 3.63) is 46.4 Å². The summed E-state index contributed by atoms with van der Waals surface area (Å²) in [7, 11) is 2.06. The highest BCUT2D eigenvalue weighted by Gasteiger charge is 2.26. The summed E-state index contributed by atoms with van der Waals surface area (Å²) < 4.78 is 1.74. The lowest BCUT2D eigenvalue weighted by atomic mass is 10.0. The number of hydrogen-bond donors (Lipinski definition) is 0. The third-order valence-electron chi connectivity index (χ3n) is 5.28. The quantitative estimate of drug-likeness (QED) is 0.678. The zero-order valence-corrected chi connectivity index (χ0v) is 17.1. The first-order valence-corrected chi connectivity index (χ1v) is 9.86. The number of carbonyl (C=O) groups is 1. The van der Waals surface area contributed by atoms with Crippen molar-refractivity contribution < 1.29 is 4.79 Å². The van der Waals surface area contributed by atoms with E-state index in [1.54, 1.807) is 4.52 Å². The number of amides is 1. The number of aromatic nitrogens is 4. The lowest BCUT2D eigenvalue weighted by Gasteiger charge is -2.32. The lowest BCUT2D eigenvalue weighted by Crippen LogP contribution is -2.47. The molecule has 0 radical (unpaired) electrons. The van der Waals surface area contributed by atoms with Gasteiger partial charge in [0, 0.05) is 31.2 Å². The Kier molecular flexibility index (Phi) is 5.03. The number of hydrogen-bond acceptors (Lipinski definition) is 5. The number of halogens is 1. The van der Waals surface area contributed by atoms with Crippen LogP contribution in [0, 0.1) is 6.92 Å². The standard InChI is InChI=1S/C20H23ClN6O/c1-4-16-17(14-6-5-7-15(21)12-14)19-23-22-18(13(2)27(19)24-16)20(28)26-10-8-25(3)9-11-26/h5-7,12H,4,8-11H2,1-3H3. The Morgan fingerprint density at radius 2 is 1.93 bits per heavy atom. The largest absolute Gasteiger partial charge is 0.335 e. The second-order valence-electron chi connectivity index (χ2n) is 7.15. The number of piperazine rings is 1. The number of rotatable bonds is 3. The molecule has 3 heterocycles. The van der Waals surface area contributed by atoms with Gasteiger partial charge >= 0.3 is 0 Å². The molecule has 0 unspecified atom stereocenters. The molecule has 28 heavy (non-hydrogen) atoms. The van der Waals surface area contributed by atoms with Crippen molar-refractivity contribution in [3.63, 3.8) is 0 Å². The minimum Gasteiger partial charge on any atom is -0.335 e. The Bertz CT molecular complexity index is 1040. The average Bonchev–Trinajstić information content (AvgIpc) is 3.08. The van der Waals surface area contributed by atoms with E-state index in [0.29, 0.717) is 35.1 Å². The van der Waals surface area contributed by atoms with Crippen LogP contribution in [0.5, 0.6) is 0 Å². The molecule has 0 aliphatic carbocycles. The van der Waals surface area contributed by atoms with E-state index in [0.717, 1.165) is 36.3 Å². The molecule has 1 aliphatic heterocycles. The fourth-order valence-electron chi connectivity index (χ4n) is 3.59. The van der Waals surface area contributed by atoms with Gasteiger partial charge in [0.1, 0.15) is 0 Å². The molecule has 1 aliphatic rings. The topological polar surface area (TPSA) is 66.6 Å². The predicted molar refractivity (Wildman–Crippen MR) is 109 cm³/mol. The molecule has 7 nitrogen and oxygen atoms in total. The number of fused-ring (bicyclic) bond motifs is 1. The van der Waals surface area contributed by atoms with Crippen LogP contribution in [-0.4, -0.2) is 68.7 Å². The van der Waals surface area contributed by atoms with E-state index in [-0.39, 0.29) is 5.91 Å². The van der Waals surface area contributed by atoms with Gasteiger partial charge in [-0.1, -0.05) is 30.7 Å². The summed E-state index contributed by atoms with van der Waals surface area (Å²) in [6.45, 7) is 7.04. The number of nitrogens with zero attached hydrogens (tertiary/aromatic N) is 6. The van der Waals surface area contributed by atoms with Gasteiger partial charge in [0.15, 0.2) is 11.3 Å². The molecule has 1 aromatic carbocycles. The Balaban J connectivity index is 1.79. The molecule has 0 bridgehead atoms. The van der Waals surface area contributed by atoms with Crippen molar-refractivity contribution >= 4 is 23.2 Å². The Labute approximate surface area is 168 Å². The van der Waals surface area contributed by atoms with Gasteiger partial charge in [-0.2, -0.15) is 5.10 Å².